The fourth-order valence-electron chi connectivity index (χ4n) is 3.59. The quantitative estimate of drug-likeness (QED) is 0.309. The summed E-state index contributed by atoms with van der Waals surface area (Å²) in [6.07, 6.45) is -1.75. The number of carbonyl (C=O) groups excluding carboxylic acids is 2. The number of aliphatic hydroxyl groups excluding tert-OH is 2. The third-order valence-electron chi connectivity index (χ3n) is 5.49. The Morgan fingerprint density at radius 2 is 1.89 bits per heavy atom. The van der Waals surface area contributed by atoms with E-state index in [9.17, 15) is 24.2 Å². The van der Waals surface area contributed by atoms with Gasteiger partial charge in [0.2, 0.25) is 12.3 Å². The fraction of sp³-hybridized carbons (Fsp3) is 0.560. The van der Waals surface area contributed by atoms with E-state index in [4.69, 9.17) is 9.57 Å². The highest BCUT2D eigenvalue weighted by Gasteiger charge is 2.37. The molecule has 10 nitrogen and oxygen atoms in total. The summed E-state index contributed by atoms with van der Waals surface area (Å²) in [5, 5.41) is 28.8. The van der Waals surface area contributed by atoms with Crippen molar-refractivity contribution >= 4 is 17.5 Å². The number of hydrogen-bond acceptors (Lipinski definition) is 8. The van der Waals surface area contributed by atoms with Gasteiger partial charge < -0.3 is 30.0 Å². The van der Waals surface area contributed by atoms with Gasteiger partial charge in [0, 0.05) is 24.7 Å². The zero-order valence-corrected chi connectivity index (χ0v) is 21.9. The van der Waals surface area contributed by atoms with Gasteiger partial charge in [-0.05, 0) is 39.8 Å². The van der Waals surface area contributed by atoms with Gasteiger partial charge in [-0.25, -0.2) is 4.39 Å². The first-order valence-corrected chi connectivity index (χ1v) is 11.9. The molecule has 0 aromatic heterocycles. The highest BCUT2D eigenvalue weighted by molar-refractivity contribution is 6.20. The number of β-amino-alcohol motifs (C(OH)–C–C–N with tert-alkyl or cyclic N) is 1. The Morgan fingerprint density at radius 3 is 2.47 bits per heavy atom. The maximum atomic E-state index is 14.5. The van der Waals surface area contributed by atoms with Crippen LogP contribution >= 0.6 is 0 Å². The predicted octanol–water partition coefficient (Wildman–Crippen LogP) is 2.13. The number of amides is 2. The number of aliphatic hydroxyl groups is 2. The molecule has 1 aliphatic heterocycles. The topological polar surface area (TPSA) is 124 Å². The predicted molar refractivity (Wildman–Crippen MR) is 132 cm³/mol. The number of benzene rings is 1. The van der Waals surface area contributed by atoms with E-state index in [0.29, 0.717) is 0 Å². The number of hydrogen-bond donors (Lipinski definition) is 3. The van der Waals surface area contributed by atoms with Crippen LogP contribution in [0.3, 0.4) is 0 Å². The highest BCUT2D eigenvalue weighted by Crippen LogP contribution is 2.30. The number of carbonyl (C=O) groups is 2. The lowest BCUT2D eigenvalue weighted by Gasteiger charge is -2.41. The molecule has 1 aromatic rings. The number of nitrogens with one attached hydrogen (secondary N) is 1. The normalized spacial score (nSPS) is 18.3. The summed E-state index contributed by atoms with van der Waals surface area (Å²) in [5.74, 6) is -1.50. The Labute approximate surface area is 211 Å². The van der Waals surface area contributed by atoms with E-state index in [0.717, 1.165) is 4.90 Å². The molecule has 3 N–H and O–H groups in total. The third kappa shape index (κ3) is 7.17. The average Bonchev–Trinajstić information content (AvgIpc) is 2.81. The molecule has 3 atom stereocenters. The molecule has 0 saturated heterocycles. The summed E-state index contributed by atoms with van der Waals surface area (Å²) >= 11 is 0. The number of methoxy groups -OCH3 is 1. The maximum absolute atomic E-state index is 14.5. The maximum Gasteiger partial charge on any atom is 0.260 e. The second-order valence-electron chi connectivity index (χ2n) is 9.31. The van der Waals surface area contributed by atoms with Gasteiger partial charge in [0.15, 0.2) is 0 Å². The van der Waals surface area contributed by atoms with Crippen LogP contribution in [0.4, 0.5) is 4.39 Å². The molecule has 1 heterocycles. The molecule has 0 spiro atoms. The van der Waals surface area contributed by atoms with Gasteiger partial charge in [0.25, 0.3) is 5.91 Å². The first-order valence-electron chi connectivity index (χ1n) is 11.9. The molecule has 1 aromatic carbocycles. The second kappa shape index (κ2) is 12.7. The summed E-state index contributed by atoms with van der Waals surface area (Å²) in [6, 6.07) is 3.69. The first kappa shape index (κ1) is 29.1. The van der Waals surface area contributed by atoms with Crippen molar-refractivity contribution in [1.82, 2.24) is 15.1 Å². The monoisotopic (exact) mass is 508 g/mol. The Morgan fingerprint density at radius 1 is 1.22 bits per heavy atom. The minimum Gasteiger partial charge on any atom is -0.496 e. The lowest BCUT2D eigenvalue weighted by atomic mass is 10.1. The summed E-state index contributed by atoms with van der Waals surface area (Å²) in [7, 11) is 1.36. The van der Waals surface area contributed by atoms with Crippen molar-refractivity contribution in [3.8, 4) is 5.75 Å². The van der Waals surface area contributed by atoms with Crippen molar-refractivity contribution in [2.24, 2.45) is 11.1 Å². The van der Waals surface area contributed by atoms with Crippen LogP contribution in [0, 0.1) is 11.7 Å². The molecule has 200 valence electrons. The van der Waals surface area contributed by atoms with Crippen LogP contribution in [0.2, 0.25) is 0 Å². The van der Waals surface area contributed by atoms with Gasteiger partial charge in [0.1, 0.15) is 23.8 Å². The summed E-state index contributed by atoms with van der Waals surface area (Å²) in [5.41, 5.74) is 0.306. The van der Waals surface area contributed by atoms with Crippen molar-refractivity contribution in [3.63, 3.8) is 0 Å². The van der Waals surface area contributed by atoms with Crippen molar-refractivity contribution in [2.75, 3.05) is 20.2 Å². The molecule has 0 aliphatic carbocycles. The van der Waals surface area contributed by atoms with Crippen molar-refractivity contribution in [3.05, 3.63) is 41.4 Å². The van der Waals surface area contributed by atoms with Crippen LogP contribution in [0.5, 0.6) is 5.75 Å². The van der Waals surface area contributed by atoms with E-state index in [1.807, 2.05) is 0 Å². The Bertz CT molecular complexity index is 997. The SMILES string of the molecule is COc1cccc(F)c1C(O)CN1C=C(/C(C)=N/OC(C)C)C(=O)N(C[C@H](C)NC(=O)C(C)C)C1O. The molecule has 0 fully saturated rings. The molecular formula is C25H37FN4O6. The van der Waals surface area contributed by atoms with Gasteiger partial charge in [-0.15, -0.1) is 0 Å². The van der Waals surface area contributed by atoms with Crippen LogP contribution in [-0.4, -0.2) is 76.2 Å². The molecule has 0 radical (unpaired) electrons. The molecular weight excluding hydrogens is 471 g/mol. The smallest absolute Gasteiger partial charge is 0.260 e. The zero-order valence-electron chi connectivity index (χ0n) is 21.9. The summed E-state index contributed by atoms with van der Waals surface area (Å²) < 4.78 is 19.7. The van der Waals surface area contributed by atoms with Gasteiger partial charge in [-0.3, -0.25) is 14.5 Å². The fourth-order valence-corrected chi connectivity index (χ4v) is 3.59. The van der Waals surface area contributed by atoms with Gasteiger partial charge in [-0.1, -0.05) is 25.1 Å². The molecule has 1 aliphatic rings. The lowest BCUT2D eigenvalue weighted by Crippen LogP contribution is -2.58. The number of rotatable bonds is 11. The molecule has 2 amide bonds. The highest BCUT2D eigenvalue weighted by atomic mass is 19.1. The Hall–Kier alpha value is -3.18. The minimum absolute atomic E-state index is 0.0241. The zero-order chi connectivity index (χ0) is 27.2. The third-order valence-corrected chi connectivity index (χ3v) is 5.49. The standard InChI is InChI=1S/C25H37FN4O6/c1-14(2)23(32)27-16(5)11-30-24(33)18(17(6)28-36-15(3)4)12-29(25(30)34)13-20(31)22-19(26)9-8-10-21(22)35-7/h8-10,12,14-16,20,25,31,34H,11,13H2,1-7H3,(H,27,32)/b28-17+/t16-,20?,25?/m0/s1. The van der Waals surface area contributed by atoms with Crippen molar-refractivity contribution < 1.29 is 33.8 Å². The molecule has 0 bridgehead atoms. The van der Waals surface area contributed by atoms with E-state index in [2.05, 4.69) is 10.5 Å². The van der Waals surface area contributed by atoms with E-state index >= 15 is 0 Å². The number of oxime groups is 1. The molecule has 2 rings (SSSR count). The van der Waals surface area contributed by atoms with Crippen LogP contribution in [0.25, 0.3) is 0 Å². The largest absolute Gasteiger partial charge is 0.496 e. The molecule has 0 saturated carbocycles. The van der Waals surface area contributed by atoms with E-state index in [1.54, 1.807) is 41.5 Å². The summed E-state index contributed by atoms with van der Waals surface area (Å²) in [6.45, 7) is 10.1. The van der Waals surface area contributed by atoms with E-state index < -0.39 is 30.2 Å². The summed E-state index contributed by atoms with van der Waals surface area (Å²) in [4.78, 5) is 33.2. The minimum atomic E-state index is -1.49. The number of nitrogens with zero attached hydrogens (tertiary/aromatic N) is 3. The van der Waals surface area contributed by atoms with Crippen LogP contribution in [-0.2, 0) is 14.4 Å². The number of halogens is 1. The van der Waals surface area contributed by atoms with Crippen LogP contribution < -0.4 is 10.1 Å². The average molecular weight is 509 g/mol. The van der Waals surface area contributed by atoms with Crippen LogP contribution in [0.1, 0.15) is 53.2 Å². The Kier molecular flexibility index (Phi) is 10.2. The van der Waals surface area contributed by atoms with E-state index in [1.165, 1.54) is 36.4 Å². The van der Waals surface area contributed by atoms with Gasteiger partial charge in [0.05, 0.1) is 30.5 Å². The Balaban J connectivity index is 2.40. The van der Waals surface area contributed by atoms with Gasteiger partial charge >= 0.3 is 0 Å². The first-order chi connectivity index (χ1) is 16.9. The van der Waals surface area contributed by atoms with E-state index in [-0.39, 0.29) is 53.6 Å². The van der Waals surface area contributed by atoms with Crippen molar-refractivity contribution in [2.45, 2.75) is 66.1 Å². The molecule has 2 unspecified atom stereocenters. The van der Waals surface area contributed by atoms with Crippen molar-refractivity contribution in [1.29, 1.82) is 0 Å². The second-order valence-corrected chi connectivity index (χ2v) is 9.31. The molecule has 36 heavy (non-hydrogen) atoms. The van der Waals surface area contributed by atoms with Gasteiger partial charge in [-0.2, -0.15) is 0 Å². The number of ether oxygens (including phenoxy) is 1. The molecule has 11 heteroatoms. The lowest BCUT2D eigenvalue weighted by molar-refractivity contribution is -0.157. The van der Waals surface area contributed by atoms with Crippen LogP contribution in [0.15, 0.2) is 35.1 Å².